The van der Waals surface area contributed by atoms with Gasteiger partial charge in [-0.2, -0.15) is 5.10 Å². The lowest BCUT2D eigenvalue weighted by Gasteiger charge is -2.21. The van der Waals surface area contributed by atoms with Crippen molar-refractivity contribution in [3.63, 3.8) is 0 Å². The van der Waals surface area contributed by atoms with E-state index in [1.54, 1.807) is 0 Å². The van der Waals surface area contributed by atoms with Crippen molar-refractivity contribution in [1.29, 1.82) is 0 Å². The summed E-state index contributed by atoms with van der Waals surface area (Å²) in [5, 5.41) is 5.59. The first-order valence-electron chi connectivity index (χ1n) is 5.64. The maximum Gasteiger partial charge on any atom is 0.0624 e. The molecule has 0 atom stereocenters. The molecule has 0 spiro atoms. The van der Waals surface area contributed by atoms with Crippen molar-refractivity contribution in [3.8, 4) is 0 Å². The molecule has 2 nitrogen and oxygen atoms in total. The van der Waals surface area contributed by atoms with Crippen molar-refractivity contribution in [3.05, 3.63) is 17.5 Å². The lowest BCUT2D eigenvalue weighted by atomic mass is 9.90. The highest BCUT2D eigenvalue weighted by Crippen LogP contribution is 2.24. The van der Waals surface area contributed by atoms with Crippen LogP contribution in [-0.4, -0.2) is 15.1 Å². The number of rotatable bonds is 5. The third kappa shape index (κ3) is 3.33. The highest BCUT2D eigenvalue weighted by molar-refractivity contribution is 9.09. The number of aryl methyl sites for hydroxylation is 2. The van der Waals surface area contributed by atoms with E-state index in [0.717, 1.165) is 24.7 Å². The molecule has 86 valence electrons. The van der Waals surface area contributed by atoms with Crippen LogP contribution in [0.2, 0.25) is 0 Å². The predicted molar refractivity (Wildman–Crippen MR) is 68.6 cm³/mol. The van der Waals surface area contributed by atoms with E-state index in [-0.39, 0.29) is 0 Å². The molecule has 3 heteroatoms. The first kappa shape index (κ1) is 12.8. The van der Waals surface area contributed by atoms with Crippen molar-refractivity contribution in [2.24, 2.45) is 5.41 Å². The van der Waals surface area contributed by atoms with Gasteiger partial charge in [-0.15, -0.1) is 0 Å². The molecule has 0 aromatic carbocycles. The van der Waals surface area contributed by atoms with Crippen LogP contribution >= 0.6 is 15.9 Å². The molecule has 0 unspecified atom stereocenters. The van der Waals surface area contributed by atoms with Gasteiger partial charge in [-0.3, -0.25) is 4.68 Å². The Labute approximate surface area is 101 Å². The van der Waals surface area contributed by atoms with Gasteiger partial charge in [-0.05, 0) is 31.2 Å². The summed E-state index contributed by atoms with van der Waals surface area (Å²) in [5.74, 6) is 0. The van der Waals surface area contributed by atoms with Crippen molar-refractivity contribution in [2.45, 2.75) is 47.1 Å². The van der Waals surface area contributed by atoms with Crippen LogP contribution in [0.4, 0.5) is 0 Å². The summed E-state index contributed by atoms with van der Waals surface area (Å²) >= 11 is 3.57. The maximum atomic E-state index is 4.57. The topological polar surface area (TPSA) is 17.8 Å². The number of hydrogen-bond donors (Lipinski definition) is 0. The quantitative estimate of drug-likeness (QED) is 0.751. The van der Waals surface area contributed by atoms with Gasteiger partial charge in [0.25, 0.3) is 0 Å². The molecule has 0 aliphatic carbocycles. The van der Waals surface area contributed by atoms with Crippen LogP contribution in [-0.2, 0) is 19.4 Å². The molecule has 1 rings (SSSR count). The van der Waals surface area contributed by atoms with Crippen LogP contribution in [0, 0.1) is 5.41 Å². The zero-order valence-corrected chi connectivity index (χ0v) is 11.8. The first-order valence-corrected chi connectivity index (χ1v) is 6.76. The molecule has 1 aromatic rings. The molecule has 0 N–H and O–H groups in total. The zero-order chi connectivity index (χ0) is 11.5. The van der Waals surface area contributed by atoms with Gasteiger partial charge in [-0.1, -0.05) is 36.7 Å². The molecule has 0 amide bonds. The van der Waals surface area contributed by atoms with Gasteiger partial charge in [0.15, 0.2) is 0 Å². The van der Waals surface area contributed by atoms with Gasteiger partial charge in [0.1, 0.15) is 0 Å². The Morgan fingerprint density at radius 3 is 2.53 bits per heavy atom. The largest absolute Gasteiger partial charge is 0.270 e. The van der Waals surface area contributed by atoms with Crippen LogP contribution in [0.25, 0.3) is 0 Å². The van der Waals surface area contributed by atoms with Crippen molar-refractivity contribution >= 4 is 15.9 Å². The Hall–Kier alpha value is -0.310. The zero-order valence-electron chi connectivity index (χ0n) is 10.2. The first-order chi connectivity index (χ1) is 7.02. The fourth-order valence-electron chi connectivity index (χ4n) is 1.64. The minimum absolute atomic E-state index is 0.304. The van der Waals surface area contributed by atoms with E-state index in [9.17, 15) is 0 Å². The van der Waals surface area contributed by atoms with Crippen LogP contribution in [0.5, 0.6) is 0 Å². The van der Waals surface area contributed by atoms with Crippen LogP contribution in [0.1, 0.15) is 39.1 Å². The fourth-order valence-corrected chi connectivity index (χ4v) is 1.84. The second-order valence-electron chi connectivity index (χ2n) is 4.77. The average molecular weight is 273 g/mol. The molecule has 0 radical (unpaired) electrons. The number of alkyl halides is 1. The van der Waals surface area contributed by atoms with Gasteiger partial charge >= 0.3 is 0 Å². The van der Waals surface area contributed by atoms with Gasteiger partial charge < -0.3 is 0 Å². The number of nitrogens with zero attached hydrogens (tertiary/aromatic N) is 2. The summed E-state index contributed by atoms with van der Waals surface area (Å²) in [5.41, 5.74) is 2.87. The van der Waals surface area contributed by atoms with Crippen molar-refractivity contribution in [1.82, 2.24) is 9.78 Å². The third-order valence-corrected chi connectivity index (χ3v) is 4.12. The molecule has 0 saturated heterocycles. The van der Waals surface area contributed by atoms with E-state index < -0.39 is 0 Å². The van der Waals surface area contributed by atoms with Gasteiger partial charge in [0, 0.05) is 17.6 Å². The second-order valence-corrected chi connectivity index (χ2v) is 5.33. The molecular weight excluding hydrogens is 252 g/mol. The van der Waals surface area contributed by atoms with E-state index in [1.807, 2.05) is 0 Å². The molecule has 0 fully saturated rings. The molecule has 0 saturated carbocycles. The SMILES string of the molecule is CCc1cc(CC(C)(C)CBr)n(CC)n1. The van der Waals surface area contributed by atoms with Crippen LogP contribution in [0.15, 0.2) is 6.07 Å². The van der Waals surface area contributed by atoms with Crippen molar-refractivity contribution < 1.29 is 0 Å². The number of hydrogen-bond acceptors (Lipinski definition) is 1. The van der Waals surface area contributed by atoms with E-state index in [1.165, 1.54) is 11.4 Å². The lowest BCUT2D eigenvalue weighted by molar-refractivity contribution is 0.406. The maximum absolute atomic E-state index is 4.57. The van der Waals surface area contributed by atoms with E-state index in [2.05, 4.69) is 59.5 Å². The molecular formula is C12H21BrN2. The van der Waals surface area contributed by atoms with Gasteiger partial charge in [0.05, 0.1) is 5.69 Å². The third-order valence-electron chi connectivity index (χ3n) is 2.60. The lowest BCUT2D eigenvalue weighted by Crippen LogP contribution is -2.19. The Kier molecular flexibility index (Phi) is 4.38. The predicted octanol–water partition coefficient (Wildman–Crippen LogP) is 3.43. The van der Waals surface area contributed by atoms with Crippen LogP contribution < -0.4 is 0 Å². The average Bonchev–Trinajstić information content (AvgIpc) is 2.59. The summed E-state index contributed by atoms with van der Waals surface area (Å²) in [4.78, 5) is 0. The summed E-state index contributed by atoms with van der Waals surface area (Å²) in [6.45, 7) is 9.83. The molecule has 1 aromatic heterocycles. The highest BCUT2D eigenvalue weighted by atomic mass is 79.9. The van der Waals surface area contributed by atoms with Crippen LogP contribution in [0.3, 0.4) is 0 Å². The summed E-state index contributed by atoms with van der Waals surface area (Å²) in [7, 11) is 0. The monoisotopic (exact) mass is 272 g/mol. The summed E-state index contributed by atoms with van der Waals surface area (Å²) in [6.07, 6.45) is 2.10. The van der Waals surface area contributed by atoms with E-state index in [0.29, 0.717) is 5.41 Å². The Bertz CT molecular complexity index is 315. The van der Waals surface area contributed by atoms with Gasteiger partial charge in [0.2, 0.25) is 0 Å². The highest BCUT2D eigenvalue weighted by Gasteiger charge is 2.19. The standard InChI is InChI=1S/C12H21BrN2/c1-5-10-7-11(15(6-2)14-10)8-12(3,4)9-13/h7H,5-6,8-9H2,1-4H3. The van der Waals surface area contributed by atoms with E-state index in [4.69, 9.17) is 0 Å². The summed E-state index contributed by atoms with van der Waals surface area (Å²) in [6, 6.07) is 2.24. The molecule has 0 aliphatic heterocycles. The summed E-state index contributed by atoms with van der Waals surface area (Å²) < 4.78 is 2.13. The van der Waals surface area contributed by atoms with Crippen molar-refractivity contribution in [2.75, 3.05) is 5.33 Å². The molecule has 15 heavy (non-hydrogen) atoms. The molecule has 1 heterocycles. The Morgan fingerprint density at radius 1 is 1.40 bits per heavy atom. The normalized spacial score (nSPS) is 12.1. The molecule has 0 bridgehead atoms. The smallest absolute Gasteiger partial charge is 0.0624 e. The van der Waals surface area contributed by atoms with E-state index >= 15 is 0 Å². The minimum Gasteiger partial charge on any atom is -0.270 e. The minimum atomic E-state index is 0.304. The molecule has 0 aliphatic rings. The second kappa shape index (κ2) is 5.15. The Morgan fingerprint density at radius 2 is 2.07 bits per heavy atom. The van der Waals surface area contributed by atoms with Gasteiger partial charge in [-0.25, -0.2) is 0 Å². The Balaban J connectivity index is 2.88. The number of halogens is 1. The number of aromatic nitrogens is 2. The fraction of sp³-hybridized carbons (Fsp3) is 0.750.